The standard InChI is InChI=1S/C8H8O3S/c9-12(10)8-4-2-1-3-7(8)5-6-11-12/h1-4H,5-6H2. The highest BCUT2D eigenvalue weighted by molar-refractivity contribution is 7.86. The average Bonchev–Trinajstić information content (AvgIpc) is 2.04. The summed E-state index contributed by atoms with van der Waals surface area (Å²) in [6.07, 6.45) is 0.676. The summed E-state index contributed by atoms with van der Waals surface area (Å²) in [4.78, 5) is 0.316. The first-order valence-electron chi connectivity index (χ1n) is 3.67. The van der Waals surface area contributed by atoms with Crippen molar-refractivity contribution in [3.63, 3.8) is 0 Å². The maximum atomic E-state index is 11.3. The molecule has 0 amide bonds. The maximum Gasteiger partial charge on any atom is 0.297 e. The smallest absolute Gasteiger partial charge is 0.266 e. The number of hydrogen-bond donors (Lipinski definition) is 0. The van der Waals surface area contributed by atoms with E-state index in [1.54, 1.807) is 12.1 Å². The van der Waals surface area contributed by atoms with E-state index in [0.29, 0.717) is 11.3 Å². The van der Waals surface area contributed by atoms with E-state index in [-0.39, 0.29) is 6.61 Å². The Kier molecular flexibility index (Phi) is 1.66. The minimum atomic E-state index is -3.44. The predicted molar refractivity (Wildman–Crippen MR) is 43.3 cm³/mol. The summed E-state index contributed by atoms with van der Waals surface area (Å²) in [6, 6.07) is 6.92. The molecule has 0 aliphatic carbocycles. The molecule has 1 aliphatic rings. The Morgan fingerprint density at radius 1 is 1.25 bits per heavy atom. The maximum absolute atomic E-state index is 11.3. The van der Waals surface area contributed by atoms with E-state index in [1.807, 2.05) is 12.1 Å². The van der Waals surface area contributed by atoms with Gasteiger partial charge in [-0.05, 0) is 18.1 Å². The Hall–Kier alpha value is -0.870. The van der Waals surface area contributed by atoms with Crippen molar-refractivity contribution in [2.24, 2.45) is 0 Å². The molecule has 0 unspecified atom stereocenters. The molecule has 1 aromatic carbocycles. The van der Waals surface area contributed by atoms with Crippen LogP contribution in [-0.2, 0) is 20.7 Å². The fourth-order valence-electron chi connectivity index (χ4n) is 1.28. The summed E-state index contributed by atoms with van der Waals surface area (Å²) >= 11 is 0. The first-order valence-corrected chi connectivity index (χ1v) is 5.08. The van der Waals surface area contributed by atoms with E-state index in [4.69, 9.17) is 0 Å². The van der Waals surface area contributed by atoms with Crippen LogP contribution in [0.25, 0.3) is 0 Å². The second-order valence-electron chi connectivity index (χ2n) is 2.63. The van der Waals surface area contributed by atoms with Crippen LogP contribution in [0, 0.1) is 0 Å². The monoisotopic (exact) mass is 184 g/mol. The van der Waals surface area contributed by atoms with Gasteiger partial charge < -0.3 is 0 Å². The number of benzene rings is 1. The number of hydrogen-bond acceptors (Lipinski definition) is 3. The van der Waals surface area contributed by atoms with Crippen molar-refractivity contribution in [2.45, 2.75) is 11.3 Å². The molecule has 0 aromatic heterocycles. The van der Waals surface area contributed by atoms with E-state index in [0.717, 1.165) is 5.56 Å². The molecule has 2 rings (SSSR count). The second-order valence-corrected chi connectivity index (χ2v) is 4.22. The molecule has 1 aliphatic heterocycles. The Balaban J connectivity index is 2.67. The van der Waals surface area contributed by atoms with Crippen LogP contribution in [0.1, 0.15) is 5.56 Å². The van der Waals surface area contributed by atoms with Crippen molar-refractivity contribution in [1.82, 2.24) is 0 Å². The molecule has 0 radical (unpaired) electrons. The lowest BCUT2D eigenvalue weighted by Crippen LogP contribution is -2.17. The molecular weight excluding hydrogens is 176 g/mol. The molecule has 0 fully saturated rings. The summed E-state index contributed by atoms with van der Waals surface area (Å²) in [6.45, 7) is 0.263. The minimum Gasteiger partial charge on any atom is -0.266 e. The van der Waals surface area contributed by atoms with E-state index in [9.17, 15) is 8.42 Å². The minimum absolute atomic E-state index is 0.263. The summed E-state index contributed by atoms with van der Waals surface area (Å²) in [7, 11) is -3.44. The Bertz CT molecular complexity index is 395. The average molecular weight is 184 g/mol. The SMILES string of the molecule is O=S1(=O)OCCc2ccccc21. The van der Waals surface area contributed by atoms with E-state index < -0.39 is 10.1 Å². The molecule has 64 valence electrons. The van der Waals surface area contributed by atoms with Gasteiger partial charge in [0.05, 0.1) is 11.5 Å². The van der Waals surface area contributed by atoms with Crippen molar-refractivity contribution < 1.29 is 12.6 Å². The van der Waals surface area contributed by atoms with Crippen LogP contribution >= 0.6 is 0 Å². The van der Waals surface area contributed by atoms with Crippen molar-refractivity contribution in [3.8, 4) is 0 Å². The molecule has 4 heteroatoms. The first-order chi connectivity index (χ1) is 5.70. The van der Waals surface area contributed by atoms with Crippen LogP contribution in [0.5, 0.6) is 0 Å². The molecule has 0 bridgehead atoms. The van der Waals surface area contributed by atoms with Gasteiger partial charge in [0.2, 0.25) is 0 Å². The number of rotatable bonds is 0. The zero-order valence-corrected chi connectivity index (χ0v) is 7.17. The van der Waals surface area contributed by atoms with Gasteiger partial charge >= 0.3 is 0 Å². The van der Waals surface area contributed by atoms with Gasteiger partial charge in [-0.25, -0.2) is 0 Å². The van der Waals surface area contributed by atoms with Gasteiger partial charge in [0.25, 0.3) is 10.1 Å². The molecule has 0 saturated heterocycles. The lowest BCUT2D eigenvalue weighted by Gasteiger charge is -2.15. The van der Waals surface area contributed by atoms with Gasteiger partial charge in [0.15, 0.2) is 0 Å². The predicted octanol–water partition coefficient (Wildman–Crippen LogP) is 0.948. The zero-order valence-electron chi connectivity index (χ0n) is 6.36. The van der Waals surface area contributed by atoms with Gasteiger partial charge in [-0.2, -0.15) is 8.42 Å². The van der Waals surface area contributed by atoms with Crippen LogP contribution in [0.15, 0.2) is 29.2 Å². The molecular formula is C8H8O3S. The molecule has 1 aromatic rings. The van der Waals surface area contributed by atoms with Crippen LogP contribution in [0.4, 0.5) is 0 Å². The lowest BCUT2D eigenvalue weighted by molar-refractivity contribution is 0.309. The summed E-state index contributed by atoms with van der Waals surface area (Å²) in [5.74, 6) is 0. The van der Waals surface area contributed by atoms with Gasteiger partial charge in [-0.3, -0.25) is 4.18 Å². The van der Waals surface area contributed by atoms with Crippen molar-refractivity contribution in [2.75, 3.05) is 6.61 Å². The third-order valence-electron chi connectivity index (χ3n) is 1.85. The molecule has 1 heterocycles. The quantitative estimate of drug-likeness (QED) is 0.564. The van der Waals surface area contributed by atoms with Crippen LogP contribution in [0.3, 0.4) is 0 Å². The fourth-order valence-corrected chi connectivity index (χ4v) is 2.45. The Morgan fingerprint density at radius 3 is 2.75 bits per heavy atom. The summed E-state index contributed by atoms with van der Waals surface area (Å²) in [5, 5.41) is 0. The van der Waals surface area contributed by atoms with E-state index >= 15 is 0 Å². The van der Waals surface area contributed by atoms with Crippen LogP contribution in [-0.4, -0.2) is 15.0 Å². The molecule has 0 atom stereocenters. The van der Waals surface area contributed by atoms with Gasteiger partial charge in [-0.1, -0.05) is 18.2 Å². The Morgan fingerprint density at radius 2 is 2.00 bits per heavy atom. The largest absolute Gasteiger partial charge is 0.297 e. The van der Waals surface area contributed by atoms with Gasteiger partial charge in [0, 0.05) is 0 Å². The third-order valence-corrected chi connectivity index (χ3v) is 3.27. The molecule has 0 N–H and O–H groups in total. The summed E-state index contributed by atoms with van der Waals surface area (Å²) < 4.78 is 27.2. The molecule has 0 saturated carbocycles. The topological polar surface area (TPSA) is 43.4 Å². The molecule has 3 nitrogen and oxygen atoms in total. The highest BCUT2D eigenvalue weighted by Gasteiger charge is 2.23. The highest BCUT2D eigenvalue weighted by atomic mass is 32.2. The first kappa shape index (κ1) is 7.76. The normalized spacial score (nSPS) is 20.0. The lowest BCUT2D eigenvalue weighted by atomic mass is 10.2. The van der Waals surface area contributed by atoms with Crippen LogP contribution in [0.2, 0.25) is 0 Å². The second kappa shape index (κ2) is 2.57. The van der Waals surface area contributed by atoms with E-state index in [2.05, 4.69) is 4.18 Å². The van der Waals surface area contributed by atoms with Crippen molar-refractivity contribution >= 4 is 10.1 Å². The summed E-state index contributed by atoms with van der Waals surface area (Å²) in [5.41, 5.74) is 0.851. The fraction of sp³-hybridized carbons (Fsp3) is 0.250. The Labute approximate surface area is 71.1 Å². The molecule has 0 spiro atoms. The van der Waals surface area contributed by atoms with Gasteiger partial charge in [-0.15, -0.1) is 0 Å². The van der Waals surface area contributed by atoms with Crippen molar-refractivity contribution in [3.05, 3.63) is 29.8 Å². The van der Waals surface area contributed by atoms with E-state index in [1.165, 1.54) is 0 Å². The third kappa shape index (κ3) is 1.13. The number of fused-ring (bicyclic) bond motifs is 1. The highest BCUT2D eigenvalue weighted by Crippen LogP contribution is 2.22. The van der Waals surface area contributed by atoms with Crippen molar-refractivity contribution in [1.29, 1.82) is 0 Å². The van der Waals surface area contributed by atoms with Crippen LogP contribution < -0.4 is 0 Å². The van der Waals surface area contributed by atoms with Gasteiger partial charge in [0.1, 0.15) is 0 Å². The zero-order chi connectivity index (χ0) is 8.60. The molecule has 12 heavy (non-hydrogen) atoms.